The number of rotatable bonds is 9. The number of allylic oxidation sites excluding steroid dienone is 1. The van der Waals surface area contributed by atoms with E-state index in [1.54, 1.807) is 0 Å². The van der Waals surface area contributed by atoms with Gasteiger partial charge in [0, 0.05) is 67.4 Å². The van der Waals surface area contributed by atoms with Crippen LogP contribution in [0.15, 0.2) is 237 Å². The zero-order valence-electron chi connectivity index (χ0n) is 35.3. The number of hydrogen-bond donors (Lipinski definition) is 0. The maximum absolute atomic E-state index is 2.44. The summed E-state index contributed by atoms with van der Waals surface area (Å²) in [6.45, 7) is 0. The molecule has 0 atom stereocenters. The third kappa shape index (κ3) is 6.39. The fraction of sp³-hybridized carbons (Fsp3) is 0.0333. The molecule has 0 fully saturated rings. The van der Waals surface area contributed by atoms with Gasteiger partial charge in [0.05, 0.1) is 16.6 Å². The monoisotopic (exact) mass is 820 g/mol. The number of aromatic nitrogens is 2. The molecule has 12 rings (SSSR count). The summed E-state index contributed by atoms with van der Waals surface area (Å²) in [5.74, 6) is 0. The summed E-state index contributed by atoms with van der Waals surface area (Å²) >= 11 is 0. The van der Waals surface area contributed by atoms with E-state index in [9.17, 15) is 0 Å². The Morgan fingerprint density at radius 2 is 0.875 bits per heavy atom. The Kier molecular flexibility index (Phi) is 9.27. The van der Waals surface area contributed by atoms with E-state index in [4.69, 9.17) is 0 Å². The standard InChI is InChI=1S/C60H44N4/c1-5-19-44(20-6-1)61(45-21-7-2-8-22-45)48-36-38-49(39-37-48)62(46-23-9-3-10-24-46)50-27-17-28-51(42-50)64-56-32-15-13-29-53(56)55-41-43(35-40-58(55)64)52-31-18-34-59-60(52)54-30-14-16-33-57(54)63(59)47-25-11-4-12-26-47/h1-13,15-29,31-42H,14,30H2. The van der Waals surface area contributed by atoms with Crippen LogP contribution < -0.4 is 9.80 Å². The zero-order valence-corrected chi connectivity index (χ0v) is 35.3. The summed E-state index contributed by atoms with van der Waals surface area (Å²) in [5.41, 5.74) is 17.7. The molecule has 304 valence electrons. The van der Waals surface area contributed by atoms with Crippen LogP contribution in [-0.2, 0) is 6.42 Å². The van der Waals surface area contributed by atoms with Crippen LogP contribution in [0.5, 0.6) is 0 Å². The lowest BCUT2D eigenvalue weighted by molar-refractivity contribution is 0.968. The first-order valence-corrected chi connectivity index (χ1v) is 22.2. The highest BCUT2D eigenvalue weighted by atomic mass is 15.2. The molecule has 4 nitrogen and oxygen atoms in total. The predicted octanol–water partition coefficient (Wildman–Crippen LogP) is 16.3. The normalized spacial score (nSPS) is 12.2. The van der Waals surface area contributed by atoms with Gasteiger partial charge >= 0.3 is 0 Å². The van der Waals surface area contributed by atoms with E-state index in [2.05, 4.69) is 262 Å². The SMILES string of the molecule is C1=Cc2c(c3c(-c4ccc5c(c4)c4ccccc4n5-c4cccc(N(c5ccccc5)c5ccc(N(c6ccccc6)c6ccccc6)cc5)c4)cccc3n2-c2ccccc2)CC1. The molecule has 11 aromatic rings. The number of aryl methyl sites for hydroxylation is 1. The van der Waals surface area contributed by atoms with Gasteiger partial charge in [0.2, 0.25) is 0 Å². The van der Waals surface area contributed by atoms with Crippen molar-refractivity contribution in [1.82, 2.24) is 9.13 Å². The fourth-order valence-electron chi connectivity index (χ4n) is 9.95. The van der Waals surface area contributed by atoms with E-state index in [1.807, 2.05) is 0 Å². The first-order valence-electron chi connectivity index (χ1n) is 22.2. The maximum Gasteiger partial charge on any atom is 0.0543 e. The van der Waals surface area contributed by atoms with E-state index >= 15 is 0 Å². The molecule has 0 saturated carbocycles. The van der Waals surface area contributed by atoms with Crippen molar-refractivity contribution in [1.29, 1.82) is 0 Å². The molecule has 0 radical (unpaired) electrons. The predicted molar refractivity (Wildman–Crippen MR) is 270 cm³/mol. The molecule has 0 bridgehead atoms. The number of benzene rings is 9. The highest BCUT2D eigenvalue weighted by molar-refractivity contribution is 6.12. The Labute approximate surface area is 373 Å². The van der Waals surface area contributed by atoms with Crippen molar-refractivity contribution in [2.24, 2.45) is 0 Å². The number of nitrogens with zero attached hydrogens (tertiary/aromatic N) is 4. The average Bonchev–Trinajstić information content (AvgIpc) is 3.89. The molecule has 9 aromatic carbocycles. The van der Waals surface area contributed by atoms with Gasteiger partial charge in [-0.2, -0.15) is 0 Å². The van der Waals surface area contributed by atoms with E-state index in [0.717, 1.165) is 52.7 Å². The van der Waals surface area contributed by atoms with Crippen molar-refractivity contribution in [3.63, 3.8) is 0 Å². The molecular formula is C60H44N4. The number of anilines is 6. The van der Waals surface area contributed by atoms with E-state index in [1.165, 1.54) is 60.8 Å². The smallest absolute Gasteiger partial charge is 0.0543 e. The van der Waals surface area contributed by atoms with Gasteiger partial charge in [-0.05, 0) is 151 Å². The van der Waals surface area contributed by atoms with E-state index in [0.29, 0.717) is 0 Å². The van der Waals surface area contributed by atoms with Crippen molar-refractivity contribution in [2.45, 2.75) is 12.8 Å². The number of fused-ring (bicyclic) bond motifs is 6. The zero-order chi connectivity index (χ0) is 42.4. The molecule has 0 aliphatic heterocycles. The highest BCUT2D eigenvalue weighted by Gasteiger charge is 2.23. The molecule has 0 spiro atoms. The first kappa shape index (κ1) is 37.4. The number of hydrogen-bond acceptors (Lipinski definition) is 2. The van der Waals surface area contributed by atoms with Crippen LogP contribution >= 0.6 is 0 Å². The molecule has 2 aromatic heterocycles. The number of para-hydroxylation sites is 5. The highest BCUT2D eigenvalue weighted by Crippen LogP contribution is 2.43. The van der Waals surface area contributed by atoms with Crippen molar-refractivity contribution in [2.75, 3.05) is 9.80 Å². The maximum atomic E-state index is 2.44. The minimum Gasteiger partial charge on any atom is -0.311 e. The second-order valence-corrected chi connectivity index (χ2v) is 16.5. The summed E-state index contributed by atoms with van der Waals surface area (Å²) < 4.78 is 4.87. The Balaban J connectivity index is 0.972. The summed E-state index contributed by atoms with van der Waals surface area (Å²) in [6, 6.07) is 83.2. The summed E-state index contributed by atoms with van der Waals surface area (Å²) in [5, 5.41) is 3.83. The lowest BCUT2D eigenvalue weighted by Crippen LogP contribution is -2.12. The Morgan fingerprint density at radius 1 is 0.359 bits per heavy atom. The fourth-order valence-corrected chi connectivity index (χ4v) is 9.95. The molecule has 0 amide bonds. The molecule has 1 aliphatic carbocycles. The molecule has 2 heterocycles. The van der Waals surface area contributed by atoms with Crippen LogP contribution in [0.4, 0.5) is 34.1 Å². The average molecular weight is 821 g/mol. The second kappa shape index (κ2) is 15.8. The lowest BCUT2D eigenvalue weighted by atomic mass is 9.94. The largest absolute Gasteiger partial charge is 0.311 e. The van der Waals surface area contributed by atoms with Gasteiger partial charge in [-0.3, -0.25) is 0 Å². The van der Waals surface area contributed by atoms with Gasteiger partial charge in [-0.15, -0.1) is 0 Å². The van der Waals surface area contributed by atoms with Gasteiger partial charge in [-0.25, -0.2) is 0 Å². The third-order valence-corrected chi connectivity index (χ3v) is 12.7. The van der Waals surface area contributed by atoms with Crippen LogP contribution in [-0.4, -0.2) is 9.13 Å². The second-order valence-electron chi connectivity index (χ2n) is 16.5. The minimum absolute atomic E-state index is 1.03. The van der Waals surface area contributed by atoms with Crippen molar-refractivity contribution in [3.05, 3.63) is 248 Å². The Morgan fingerprint density at radius 3 is 1.55 bits per heavy atom. The third-order valence-electron chi connectivity index (χ3n) is 12.7. The van der Waals surface area contributed by atoms with Gasteiger partial charge in [0.25, 0.3) is 0 Å². The Hall–Kier alpha value is -8.34. The minimum atomic E-state index is 1.03. The van der Waals surface area contributed by atoms with Crippen LogP contribution in [0.25, 0.3) is 61.3 Å². The lowest BCUT2D eigenvalue weighted by Gasteiger charge is -2.28. The van der Waals surface area contributed by atoms with Crippen molar-refractivity contribution >= 4 is 72.9 Å². The molecular weight excluding hydrogens is 777 g/mol. The Bertz CT molecular complexity index is 3440. The molecule has 4 heteroatoms. The van der Waals surface area contributed by atoms with Crippen LogP contribution in [0.3, 0.4) is 0 Å². The summed E-state index contributed by atoms with van der Waals surface area (Å²) in [4.78, 5) is 4.66. The van der Waals surface area contributed by atoms with E-state index in [-0.39, 0.29) is 0 Å². The van der Waals surface area contributed by atoms with Crippen molar-refractivity contribution < 1.29 is 0 Å². The van der Waals surface area contributed by atoms with Crippen LogP contribution in [0.2, 0.25) is 0 Å². The molecule has 0 unspecified atom stereocenters. The first-order chi connectivity index (χ1) is 31.8. The summed E-state index contributed by atoms with van der Waals surface area (Å²) in [6.07, 6.45) is 6.72. The van der Waals surface area contributed by atoms with Gasteiger partial charge in [0.1, 0.15) is 0 Å². The molecule has 1 aliphatic rings. The quantitative estimate of drug-likeness (QED) is 0.144. The van der Waals surface area contributed by atoms with Gasteiger partial charge < -0.3 is 18.9 Å². The van der Waals surface area contributed by atoms with Gasteiger partial charge in [0.15, 0.2) is 0 Å². The van der Waals surface area contributed by atoms with Gasteiger partial charge in [-0.1, -0.05) is 121 Å². The van der Waals surface area contributed by atoms with Crippen molar-refractivity contribution in [3.8, 4) is 22.5 Å². The van der Waals surface area contributed by atoms with E-state index < -0.39 is 0 Å². The van der Waals surface area contributed by atoms with Crippen LogP contribution in [0, 0.1) is 0 Å². The van der Waals surface area contributed by atoms with Crippen LogP contribution in [0.1, 0.15) is 17.7 Å². The summed E-state index contributed by atoms with van der Waals surface area (Å²) in [7, 11) is 0. The topological polar surface area (TPSA) is 16.3 Å². The molecule has 0 N–H and O–H groups in total. The molecule has 0 saturated heterocycles. The molecule has 64 heavy (non-hydrogen) atoms.